The summed E-state index contributed by atoms with van der Waals surface area (Å²) in [4.78, 5) is 4.84. The summed E-state index contributed by atoms with van der Waals surface area (Å²) in [7, 11) is -3.22. The molecule has 1 unspecified atom stereocenters. The van der Waals surface area contributed by atoms with Crippen molar-refractivity contribution in [1.82, 2.24) is 4.98 Å². The summed E-state index contributed by atoms with van der Waals surface area (Å²) in [5.74, 6) is 1.49. The van der Waals surface area contributed by atoms with Crippen molar-refractivity contribution < 1.29 is 12.8 Å². The zero-order chi connectivity index (χ0) is 19.6. The summed E-state index contributed by atoms with van der Waals surface area (Å²) in [6, 6.07) is 17.3. The molecule has 0 amide bonds. The highest BCUT2D eigenvalue weighted by molar-refractivity contribution is 7.90. The first-order chi connectivity index (χ1) is 13.5. The predicted octanol–water partition coefficient (Wildman–Crippen LogP) is 4.70. The Morgan fingerprint density at radius 2 is 1.82 bits per heavy atom. The van der Waals surface area contributed by atoms with Gasteiger partial charge < -0.3 is 4.42 Å². The van der Waals surface area contributed by atoms with Crippen molar-refractivity contribution in [2.75, 3.05) is 6.26 Å². The van der Waals surface area contributed by atoms with Crippen molar-refractivity contribution in [2.45, 2.75) is 36.0 Å². The standard InChI is InChI=1S/C23H23NO3S/c1-28(25,26)20-12-10-19(11-13-20)23(14-6-3-7-15-23)21-17-24-22(27-21)16-18-8-4-2-5-9-18/h2,4-6,8-14,17H,3,7,15-16H2,1H3. The first-order valence-electron chi connectivity index (χ1n) is 9.45. The maximum atomic E-state index is 11.8. The van der Waals surface area contributed by atoms with Crippen LogP contribution >= 0.6 is 0 Å². The fourth-order valence-corrected chi connectivity index (χ4v) is 4.45. The molecule has 4 nitrogen and oxygen atoms in total. The van der Waals surface area contributed by atoms with Gasteiger partial charge in [-0.1, -0.05) is 54.6 Å². The van der Waals surface area contributed by atoms with Gasteiger partial charge in [0.2, 0.25) is 0 Å². The Labute approximate surface area is 165 Å². The molecule has 1 atom stereocenters. The number of nitrogens with zero attached hydrogens (tertiary/aromatic N) is 1. The quantitative estimate of drug-likeness (QED) is 0.590. The number of sulfone groups is 1. The van der Waals surface area contributed by atoms with E-state index in [1.807, 2.05) is 36.5 Å². The Bertz CT molecular complexity index is 1080. The largest absolute Gasteiger partial charge is 0.444 e. The minimum atomic E-state index is -3.22. The number of hydrogen-bond acceptors (Lipinski definition) is 4. The van der Waals surface area contributed by atoms with Crippen molar-refractivity contribution in [1.29, 1.82) is 0 Å². The molecule has 4 rings (SSSR count). The molecule has 0 fully saturated rings. The third kappa shape index (κ3) is 3.67. The molecule has 3 aromatic rings. The second kappa shape index (κ2) is 7.40. The van der Waals surface area contributed by atoms with Crippen LogP contribution < -0.4 is 0 Å². The predicted molar refractivity (Wildman–Crippen MR) is 109 cm³/mol. The van der Waals surface area contributed by atoms with Crippen LogP contribution in [0.25, 0.3) is 0 Å². The fraction of sp³-hybridized carbons (Fsp3) is 0.261. The van der Waals surface area contributed by atoms with Crippen molar-refractivity contribution in [2.24, 2.45) is 0 Å². The lowest BCUT2D eigenvalue weighted by Crippen LogP contribution is -2.26. The molecule has 1 aliphatic carbocycles. The number of allylic oxidation sites excluding steroid dienone is 2. The average Bonchev–Trinajstić information content (AvgIpc) is 3.18. The number of aromatic nitrogens is 1. The van der Waals surface area contributed by atoms with Gasteiger partial charge in [-0.15, -0.1) is 0 Å². The van der Waals surface area contributed by atoms with Gasteiger partial charge in [-0.25, -0.2) is 13.4 Å². The maximum Gasteiger partial charge on any atom is 0.198 e. The third-order valence-electron chi connectivity index (χ3n) is 5.33. The summed E-state index contributed by atoms with van der Waals surface area (Å²) >= 11 is 0. The van der Waals surface area contributed by atoms with Gasteiger partial charge in [0.25, 0.3) is 0 Å². The summed E-state index contributed by atoms with van der Waals surface area (Å²) < 4.78 is 29.8. The number of oxazole rings is 1. The summed E-state index contributed by atoms with van der Waals surface area (Å²) in [5.41, 5.74) is 1.77. The van der Waals surface area contributed by atoms with Crippen LogP contribution in [0.15, 0.2) is 82.3 Å². The average molecular weight is 394 g/mol. The van der Waals surface area contributed by atoms with E-state index in [-0.39, 0.29) is 0 Å². The fourth-order valence-electron chi connectivity index (χ4n) is 3.82. The van der Waals surface area contributed by atoms with Crippen molar-refractivity contribution in [3.63, 3.8) is 0 Å². The van der Waals surface area contributed by atoms with Crippen LogP contribution in [0.3, 0.4) is 0 Å². The zero-order valence-electron chi connectivity index (χ0n) is 15.8. The van der Waals surface area contributed by atoms with E-state index in [9.17, 15) is 8.42 Å². The van der Waals surface area contributed by atoms with Gasteiger partial charge in [-0.05, 0) is 42.5 Å². The van der Waals surface area contributed by atoms with Crippen LogP contribution in [0.4, 0.5) is 0 Å². The van der Waals surface area contributed by atoms with Crippen molar-refractivity contribution in [3.8, 4) is 0 Å². The Kier molecular flexibility index (Phi) is 4.94. The molecule has 2 aromatic carbocycles. The molecule has 0 radical (unpaired) electrons. The highest BCUT2D eigenvalue weighted by atomic mass is 32.2. The molecule has 0 N–H and O–H groups in total. The summed E-state index contributed by atoms with van der Waals surface area (Å²) in [5, 5.41) is 0. The van der Waals surface area contributed by atoms with Crippen LogP contribution in [0.2, 0.25) is 0 Å². The molecular formula is C23H23NO3S. The first-order valence-corrected chi connectivity index (χ1v) is 11.3. The molecule has 0 aliphatic heterocycles. The van der Waals surface area contributed by atoms with Gasteiger partial charge in [0.15, 0.2) is 15.7 Å². The Hall–Kier alpha value is -2.66. The lowest BCUT2D eigenvalue weighted by Gasteiger charge is -2.31. The molecule has 5 heteroatoms. The maximum absolute atomic E-state index is 11.8. The monoisotopic (exact) mass is 393 g/mol. The van der Waals surface area contributed by atoms with Gasteiger partial charge in [0.05, 0.1) is 16.5 Å². The highest BCUT2D eigenvalue weighted by Crippen LogP contribution is 2.42. The summed E-state index contributed by atoms with van der Waals surface area (Å²) in [6.45, 7) is 0. The molecule has 0 saturated heterocycles. The van der Waals surface area contributed by atoms with Crippen LogP contribution in [-0.4, -0.2) is 19.7 Å². The second-order valence-electron chi connectivity index (χ2n) is 7.34. The minimum absolute atomic E-state index is 0.327. The van der Waals surface area contributed by atoms with Gasteiger partial charge in [-0.2, -0.15) is 0 Å². The first kappa shape index (κ1) is 18.7. The van der Waals surface area contributed by atoms with E-state index >= 15 is 0 Å². The van der Waals surface area contributed by atoms with Gasteiger partial charge in [-0.3, -0.25) is 0 Å². The number of hydrogen-bond donors (Lipinski definition) is 0. The van der Waals surface area contributed by atoms with Crippen LogP contribution in [-0.2, 0) is 21.7 Å². The topological polar surface area (TPSA) is 60.2 Å². The molecule has 0 saturated carbocycles. The SMILES string of the molecule is CS(=O)(=O)c1ccc(C2(c3cnc(Cc4ccccc4)o3)C=CCCC2)cc1. The highest BCUT2D eigenvalue weighted by Gasteiger charge is 2.36. The van der Waals surface area contributed by atoms with Crippen molar-refractivity contribution >= 4 is 9.84 Å². The van der Waals surface area contributed by atoms with E-state index in [0.29, 0.717) is 17.2 Å². The second-order valence-corrected chi connectivity index (χ2v) is 9.36. The molecule has 0 spiro atoms. The van der Waals surface area contributed by atoms with E-state index in [0.717, 1.165) is 36.1 Å². The minimum Gasteiger partial charge on any atom is -0.444 e. The van der Waals surface area contributed by atoms with Crippen molar-refractivity contribution in [3.05, 3.63) is 95.7 Å². The lowest BCUT2D eigenvalue weighted by atomic mass is 9.72. The van der Waals surface area contributed by atoms with E-state index in [4.69, 9.17) is 4.42 Å². The van der Waals surface area contributed by atoms with Gasteiger partial charge in [0.1, 0.15) is 5.76 Å². The van der Waals surface area contributed by atoms with Gasteiger partial charge >= 0.3 is 0 Å². The Balaban J connectivity index is 1.71. The number of benzene rings is 2. The zero-order valence-corrected chi connectivity index (χ0v) is 16.7. The molecule has 0 bridgehead atoms. The third-order valence-corrected chi connectivity index (χ3v) is 6.46. The van der Waals surface area contributed by atoms with E-state index in [1.165, 1.54) is 6.26 Å². The molecule has 144 valence electrons. The lowest BCUT2D eigenvalue weighted by molar-refractivity contribution is 0.383. The van der Waals surface area contributed by atoms with E-state index in [1.54, 1.807) is 12.1 Å². The normalized spacial score (nSPS) is 19.6. The van der Waals surface area contributed by atoms with Crippen LogP contribution in [0.5, 0.6) is 0 Å². The van der Waals surface area contributed by atoms with Gasteiger partial charge in [0, 0.05) is 12.7 Å². The molecule has 1 aliphatic rings. The Morgan fingerprint density at radius 3 is 2.46 bits per heavy atom. The number of rotatable bonds is 5. The van der Waals surface area contributed by atoms with E-state index < -0.39 is 15.3 Å². The molecule has 1 heterocycles. The molecule has 28 heavy (non-hydrogen) atoms. The molecular weight excluding hydrogens is 370 g/mol. The molecule has 1 aromatic heterocycles. The van der Waals surface area contributed by atoms with E-state index in [2.05, 4.69) is 29.3 Å². The Morgan fingerprint density at radius 1 is 1.07 bits per heavy atom. The van der Waals surface area contributed by atoms with Crippen LogP contribution in [0, 0.1) is 0 Å². The van der Waals surface area contributed by atoms with Crippen LogP contribution in [0.1, 0.15) is 42.0 Å². The summed E-state index contributed by atoms with van der Waals surface area (Å²) in [6.07, 6.45) is 11.0. The smallest absolute Gasteiger partial charge is 0.198 e.